The molecule has 1 atom stereocenters. The van der Waals surface area contributed by atoms with E-state index in [9.17, 15) is 32.0 Å². The Morgan fingerprint density at radius 2 is 1.87 bits per heavy atom. The van der Waals surface area contributed by atoms with Crippen molar-refractivity contribution in [1.29, 1.82) is 5.26 Å². The maximum absolute atomic E-state index is 13.2. The highest BCUT2D eigenvalue weighted by molar-refractivity contribution is 7.91. The van der Waals surface area contributed by atoms with Crippen molar-refractivity contribution < 1.29 is 31.5 Å². The second kappa shape index (κ2) is 11.3. The van der Waals surface area contributed by atoms with Crippen LogP contribution in [-0.4, -0.2) is 31.6 Å². The monoisotopic (exact) mass is 545 g/mol. The fourth-order valence-corrected chi connectivity index (χ4v) is 5.23. The van der Waals surface area contributed by atoms with Gasteiger partial charge < -0.3 is 15.4 Å². The molecule has 0 aromatic heterocycles. The lowest BCUT2D eigenvalue weighted by atomic mass is 9.95. The second-order valence-corrected chi connectivity index (χ2v) is 12.0. The van der Waals surface area contributed by atoms with E-state index < -0.39 is 34.0 Å². The second-order valence-electron chi connectivity index (χ2n) is 9.71. The van der Waals surface area contributed by atoms with Gasteiger partial charge >= 0.3 is 6.09 Å². The number of halogens is 2. The van der Waals surface area contributed by atoms with Gasteiger partial charge in [0.2, 0.25) is 0 Å². The fraction of sp³-hybridized carbons (Fsp3) is 0.370. The van der Waals surface area contributed by atoms with E-state index in [-0.39, 0.29) is 51.5 Å². The van der Waals surface area contributed by atoms with Gasteiger partial charge in [0.25, 0.3) is 6.43 Å². The highest BCUT2D eigenvalue weighted by atomic mass is 32.2. The van der Waals surface area contributed by atoms with Gasteiger partial charge in [-0.25, -0.2) is 22.0 Å². The van der Waals surface area contributed by atoms with E-state index in [4.69, 9.17) is 4.74 Å². The third-order valence-corrected chi connectivity index (χ3v) is 7.56. The van der Waals surface area contributed by atoms with Crippen LogP contribution in [0.2, 0.25) is 0 Å². The molecule has 202 valence electrons. The minimum Gasteiger partial charge on any atom is -0.444 e. The number of ether oxygens (including phenoxy) is 1. The number of nitrogens with one attached hydrogen (secondary N) is 2. The number of sulfone groups is 1. The largest absolute Gasteiger partial charge is 0.444 e. The summed E-state index contributed by atoms with van der Waals surface area (Å²) in [6.07, 6.45) is -3.31. The molecule has 8 nitrogen and oxygen atoms in total. The Kier molecular flexibility index (Phi) is 8.57. The van der Waals surface area contributed by atoms with E-state index in [1.807, 2.05) is 6.07 Å². The Hall–Kier alpha value is -3.78. The number of nitriles is 1. The number of nitrogens with zero attached hydrogens (tertiary/aromatic N) is 1. The van der Waals surface area contributed by atoms with Gasteiger partial charge in [-0.15, -0.1) is 0 Å². The van der Waals surface area contributed by atoms with E-state index in [0.29, 0.717) is 11.4 Å². The van der Waals surface area contributed by atoms with Gasteiger partial charge in [0.15, 0.2) is 15.6 Å². The molecule has 0 bridgehead atoms. The van der Waals surface area contributed by atoms with Crippen LogP contribution in [0.25, 0.3) is 0 Å². The number of anilines is 1. The first-order chi connectivity index (χ1) is 17.8. The average Bonchev–Trinajstić information content (AvgIpc) is 3.20. The third-order valence-electron chi connectivity index (χ3n) is 5.78. The summed E-state index contributed by atoms with van der Waals surface area (Å²) in [6.45, 7) is 6.40. The summed E-state index contributed by atoms with van der Waals surface area (Å²) in [7, 11) is -3.90. The first kappa shape index (κ1) is 28.8. The Morgan fingerprint density at radius 1 is 1.16 bits per heavy atom. The summed E-state index contributed by atoms with van der Waals surface area (Å²) < 4.78 is 58.0. The number of alkyl halides is 2. The van der Waals surface area contributed by atoms with Gasteiger partial charge in [-0.3, -0.25) is 4.79 Å². The van der Waals surface area contributed by atoms with Gasteiger partial charge in [0.05, 0.1) is 28.3 Å². The van der Waals surface area contributed by atoms with Gasteiger partial charge in [0, 0.05) is 28.9 Å². The lowest BCUT2D eigenvalue weighted by molar-refractivity contribution is -0.115. The maximum atomic E-state index is 13.2. The van der Waals surface area contributed by atoms with Gasteiger partial charge in [-0.1, -0.05) is 25.1 Å². The van der Waals surface area contributed by atoms with Crippen molar-refractivity contribution in [3.63, 3.8) is 0 Å². The number of benzene rings is 2. The number of alkyl carbamates (subject to hydrolysis) is 1. The van der Waals surface area contributed by atoms with Crippen molar-refractivity contribution in [2.45, 2.75) is 63.5 Å². The van der Waals surface area contributed by atoms with Crippen LogP contribution in [-0.2, 0) is 19.4 Å². The van der Waals surface area contributed by atoms with E-state index >= 15 is 0 Å². The predicted molar refractivity (Wildman–Crippen MR) is 137 cm³/mol. The third kappa shape index (κ3) is 6.75. The molecule has 2 aromatic rings. The van der Waals surface area contributed by atoms with Gasteiger partial charge in [-0.2, -0.15) is 5.26 Å². The zero-order valence-electron chi connectivity index (χ0n) is 21.5. The zero-order chi connectivity index (χ0) is 28.3. The molecular weight excluding hydrogens is 516 g/mol. The molecule has 2 N–H and O–H groups in total. The molecule has 0 saturated carbocycles. The molecule has 0 fully saturated rings. The lowest BCUT2D eigenvalue weighted by Crippen LogP contribution is -2.37. The summed E-state index contributed by atoms with van der Waals surface area (Å²) in [6, 6.07) is 10.2. The molecule has 0 spiro atoms. The highest BCUT2D eigenvalue weighted by Crippen LogP contribution is 2.37. The van der Waals surface area contributed by atoms with E-state index in [1.54, 1.807) is 26.8 Å². The topological polar surface area (TPSA) is 125 Å². The summed E-state index contributed by atoms with van der Waals surface area (Å²) in [5.41, 5.74) is -0.186. The molecule has 3 rings (SSSR count). The van der Waals surface area contributed by atoms with Crippen molar-refractivity contribution in [3.8, 4) is 6.07 Å². The molecule has 11 heteroatoms. The minimum atomic E-state index is -3.90. The molecule has 38 heavy (non-hydrogen) atoms. The SMILES string of the molecule is CCS(=O)(=O)c1cc(C#N)ccc1C(NC(=O)OC(C)(C)C)C1=C(Nc2cccc(C(F)F)c2)CCC1=O. The molecule has 1 unspecified atom stereocenters. The maximum Gasteiger partial charge on any atom is 0.408 e. The first-order valence-electron chi connectivity index (χ1n) is 11.9. The van der Waals surface area contributed by atoms with Crippen molar-refractivity contribution in [2.75, 3.05) is 11.1 Å². The number of Topliss-reactive ketones (excluding diaryl/α,β-unsaturated/α-hetero) is 1. The predicted octanol–water partition coefficient (Wildman–Crippen LogP) is 5.58. The van der Waals surface area contributed by atoms with Crippen LogP contribution in [0.15, 0.2) is 58.6 Å². The number of amides is 1. The number of hydrogen-bond acceptors (Lipinski definition) is 7. The molecule has 0 aliphatic heterocycles. The van der Waals surface area contributed by atoms with Crippen molar-refractivity contribution in [1.82, 2.24) is 5.32 Å². The fourth-order valence-electron chi connectivity index (χ4n) is 4.07. The number of hydrogen-bond donors (Lipinski definition) is 2. The molecule has 1 amide bonds. The number of carbonyl (C=O) groups excluding carboxylic acids is 2. The molecule has 1 aliphatic rings. The Balaban J connectivity index is 2.21. The Morgan fingerprint density at radius 3 is 2.47 bits per heavy atom. The van der Waals surface area contributed by atoms with Crippen LogP contribution in [0.4, 0.5) is 19.3 Å². The van der Waals surface area contributed by atoms with Crippen LogP contribution in [0.1, 0.15) is 69.7 Å². The smallest absolute Gasteiger partial charge is 0.408 e. The Labute approximate surface area is 220 Å². The van der Waals surface area contributed by atoms with Gasteiger partial charge in [-0.05, 0) is 57.0 Å². The van der Waals surface area contributed by atoms with E-state index in [1.165, 1.54) is 43.3 Å². The van der Waals surface area contributed by atoms with E-state index in [0.717, 1.165) is 0 Å². The van der Waals surface area contributed by atoms with Crippen molar-refractivity contribution >= 4 is 27.4 Å². The lowest BCUT2D eigenvalue weighted by Gasteiger charge is -2.26. The summed E-state index contributed by atoms with van der Waals surface area (Å²) in [5.74, 6) is -0.644. The Bertz CT molecular complexity index is 1420. The normalized spacial score (nSPS) is 14.8. The van der Waals surface area contributed by atoms with Crippen LogP contribution in [0.3, 0.4) is 0 Å². The standard InChI is InChI=1S/C27H29F2N3O5S/c1-5-38(35,36)22-13-16(15-30)9-10-19(22)24(32-26(34)37-27(2,3)4)23-20(11-12-21(23)33)31-18-8-6-7-17(14-18)25(28)29/h6-10,13-14,24-25,31H,5,11-12H2,1-4H3,(H,32,34). The number of carbonyl (C=O) groups is 2. The number of ketones is 1. The van der Waals surface area contributed by atoms with Gasteiger partial charge in [0.1, 0.15) is 5.60 Å². The average molecular weight is 546 g/mol. The van der Waals surface area contributed by atoms with Crippen LogP contribution >= 0.6 is 0 Å². The van der Waals surface area contributed by atoms with Crippen LogP contribution in [0.5, 0.6) is 0 Å². The van der Waals surface area contributed by atoms with Crippen molar-refractivity contribution in [3.05, 3.63) is 70.4 Å². The molecule has 0 saturated heterocycles. The molecular formula is C27H29F2N3O5S. The first-order valence-corrected chi connectivity index (χ1v) is 13.6. The number of rotatable bonds is 8. The molecule has 0 heterocycles. The molecule has 2 aromatic carbocycles. The number of allylic oxidation sites excluding steroid dienone is 1. The highest BCUT2D eigenvalue weighted by Gasteiger charge is 2.36. The zero-order valence-corrected chi connectivity index (χ0v) is 22.3. The quantitative estimate of drug-likeness (QED) is 0.443. The summed E-state index contributed by atoms with van der Waals surface area (Å²) >= 11 is 0. The van der Waals surface area contributed by atoms with E-state index in [2.05, 4.69) is 10.6 Å². The summed E-state index contributed by atoms with van der Waals surface area (Å²) in [5, 5.41) is 15.0. The van der Waals surface area contributed by atoms with Crippen LogP contribution < -0.4 is 10.6 Å². The molecule has 1 aliphatic carbocycles. The minimum absolute atomic E-state index is 0.0604. The molecule has 0 radical (unpaired) electrons. The van der Waals surface area contributed by atoms with Crippen LogP contribution in [0, 0.1) is 11.3 Å². The summed E-state index contributed by atoms with van der Waals surface area (Å²) in [4.78, 5) is 25.8. The van der Waals surface area contributed by atoms with Crippen molar-refractivity contribution in [2.24, 2.45) is 0 Å².